The van der Waals surface area contributed by atoms with Gasteiger partial charge in [0.25, 0.3) is 11.4 Å². The molecule has 0 heterocycles. The Labute approximate surface area is 158 Å². The lowest BCUT2D eigenvalue weighted by atomic mass is 10.1. The van der Waals surface area contributed by atoms with E-state index in [0.29, 0.717) is 5.56 Å². The van der Waals surface area contributed by atoms with Gasteiger partial charge in [0.2, 0.25) is 5.91 Å². The Morgan fingerprint density at radius 3 is 2.39 bits per heavy atom. The maximum atomic E-state index is 12.1. The van der Waals surface area contributed by atoms with Gasteiger partial charge >= 0.3 is 0 Å². The minimum Gasteiger partial charge on any atom is -0.493 e. The van der Waals surface area contributed by atoms with Gasteiger partial charge in [-0.1, -0.05) is 12.1 Å². The second-order valence-corrected chi connectivity index (χ2v) is 5.42. The normalized spacial score (nSPS) is 10.5. The van der Waals surface area contributed by atoms with E-state index < -0.39 is 15.8 Å². The highest BCUT2D eigenvalue weighted by Crippen LogP contribution is 2.34. The summed E-state index contributed by atoms with van der Waals surface area (Å²) in [6.07, 6.45) is 0.900. The number of nitrogens with one attached hydrogen (secondary N) is 1. The number of nitro groups is 2. The van der Waals surface area contributed by atoms with Crippen molar-refractivity contribution < 1.29 is 24.1 Å². The number of ether oxygens (including phenoxy) is 2. The third-order valence-electron chi connectivity index (χ3n) is 3.62. The zero-order valence-corrected chi connectivity index (χ0v) is 14.9. The SMILES string of the molecule is COc1cc(CC(=O)N/N=C/c2cccc([N+](=O)[O-])c2)c([N+](=O)[O-])cc1OC. The molecule has 0 bridgehead atoms. The number of hydrazone groups is 1. The van der Waals surface area contributed by atoms with Crippen molar-refractivity contribution in [2.24, 2.45) is 5.10 Å². The van der Waals surface area contributed by atoms with Crippen LogP contribution in [0.15, 0.2) is 41.5 Å². The summed E-state index contributed by atoms with van der Waals surface area (Å²) >= 11 is 0. The van der Waals surface area contributed by atoms with E-state index in [4.69, 9.17) is 9.47 Å². The molecule has 0 unspecified atom stereocenters. The predicted molar refractivity (Wildman–Crippen MR) is 98.7 cm³/mol. The summed E-state index contributed by atoms with van der Waals surface area (Å²) in [5, 5.41) is 25.7. The number of amides is 1. The zero-order chi connectivity index (χ0) is 20.7. The molecule has 0 radical (unpaired) electrons. The van der Waals surface area contributed by atoms with Crippen LogP contribution in [-0.2, 0) is 11.2 Å². The standard InChI is InChI=1S/C17H16N4O7/c1-27-15-7-12(14(21(25)26)9-16(15)28-2)8-17(22)19-18-10-11-4-3-5-13(6-11)20(23)24/h3-7,9-10H,8H2,1-2H3,(H,19,22)/b18-10+. The summed E-state index contributed by atoms with van der Waals surface area (Å²) in [5.41, 5.74) is 2.34. The maximum absolute atomic E-state index is 12.1. The van der Waals surface area contributed by atoms with E-state index in [2.05, 4.69) is 10.5 Å². The van der Waals surface area contributed by atoms with Crippen molar-refractivity contribution in [1.82, 2.24) is 5.43 Å². The van der Waals surface area contributed by atoms with Crippen molar-refractivity contribution in [1.29, 1.82) is 0 Å². The maximum Gasteiger partial charge on any atom is 0.277 e. The molecule has 1 amide bonds. The van der Waals surface area contributed by atoms with Gasteiger partial charge in [-0.25, -0.2) is 5.43 Å². The third-order valence-corrected chi connectivity index (χ3v) is 3.62. The first-order chi connectivity index (χ1) is 13.3. The topological polar surface area (TPSA) is 146 Å². The Morgan fingerprint density at radius 1 is 1.11 bits per heavy atom. The molecule has 2 aromatic rings. The molecule has 146 valence electrons. The summed E-state index contributed by atoms with van der Waals surface area (Å²) in [6.45, 7) is 0. The van der Waals surface area contributed by atoms with Gasteiger partial charge in [0, 0.05) is 23.3 Å². The highest BCUT2D eigenvalue weighted by atomic mass is 16.6. The van der Waals surface area contributed by atoms with E-state index in [0.717, 1.165) is 0 Å². The second-order valence-electron chi connectivity index (χ2n) is 5.42. The van der Waals surface area contributed by atoms with Gasteiger partial charge < -0.3 is 9.47 Å². The molecule has 0 aliphatic carbocycles. The molecule has 0 aliphatic rings. The molecule has 0 fully saturated rings. The number of nitro benzene ring substituents is 2. The van der Waals surface area contributed by atoms with Gasteiger partial charge in [0.05, 0.1) is 42.8 Å². The smallest absolute Gasteiger partial charge is 0.277 e. The van der Waals surface area contributed by atoms with E-state index in [-0.39, 0.29) is 34.9 Å². The Balaban J connectivity index is 2.13. The molecule has 0 saturated heterocycles. The van der Waals surface area contributed by atoms with Crippen LogP contribution >= 0.6 is 0 Å². The fourth-order valence-electron chi connectivity index (χ4n) is 2.33. The van der Waals surface area contributed by atoms with E-state index in [1.165, 1.54) is 50.8 Å². The van der Waals surface area contributed by atoms with Gasteiger partial charge in [-0.15, -0.1) is 0 Å². The van der Waals surface area contributed by atoms with Gasteiger partial charge in [0.15, 0.2) is 11.5 Å². The molecule has 28 heavy (non-hydrogen) atoms. The first-order valence-corrected chi connectivity index (χ1v) is 7.81. The van der Waals surface area contributed by atoms with Crippen LogP contribution in [0.5, 0.6) is 11.5 Å². The Morgan fingerprint density at radius 2 is 1.79 bits per heavy atom. The fraction of sp³-hybridized carbons (Fsp3) is 0.176. The average molecular weight is 388 g/mol. The lowest BCUT2D eigenvalue weighted by Crippen LogP contribution is -2.20. The predicted octanol–water partition coefficient (Wildman–Crippen LogP) is 2.21. The molecular weight excluding hydrogens is 372 g/mol. The lowest BCUT2D eigenvalue weighted by molar-refractivity contribution is -0.385. The van der Waals surface area contributed by atoms with Crippen LogP contribution in [0, 0.1) is 20.2 Å². The molecule has 11 nitrogen and oxygen atoms in total. The molecule has 2 rings (SSSR count). The van der Waals surface area contributed by atoms with E-state index >= 15 is 0 Å². The number of nitrogens with zero attached hydrogens (tertiary/aromatic N) is 3. The highest BCUT2D eigenvalue weighted by molar-refractivity contribution is 5.84. The van der Waals surface area contributed by atoms with E-state index in [1.54, 1.807) is 6.07 Å². The van der Waals surface area contributed by atoms with Gasteiger partial charge in [-0.2, -0.15) is 5.10 Å². The van der Waals surface area contributed by atoms with Crippen molar-refractivity contribution in [3.63, 3.8) is 0 Å². The molecule has 11 heteroatoms. The summed E-state index contributed by atoms with van der Waals surface area (Å²) < 4.78 is 10.1. The van der Waals surface area contributed by atoms with Gasteiger partial charge in [-0.3, -0.25) is 25.0 Å². The quantitative estimate of drug-likeness (QED) is 0.414. The van der Waals surface area contributed by atoms with E-state index in [1.807, 2.05) is 0 Å². The third kappa shape index (κ3) is 5.00. The molecule has 1 N–H and O–H groups in total. The Kier molecular flexibility index (Phi) is 6.58. The summed E-state index contributed by atoms with van der Waals surface area (Å²) in [4.78, 5) is 32.9. The van der Waals surface area contributed by atoms with Crippen LogP contribution < -0.4 is 14.9 Å². The minimum atomic E-state index is -0.628. The van der Waals surface area contributed by atoms with Crippen LogP contribution in [0.25, 0.3) is 0 Å². The van der Waals surface area contributed by atoms with Crippen LogP contribution in [-0.4, -0.2) is 36.2 Å². The van der Waals surface area contributed by atoms with Crippen molar-refractivity contribution in [3.8, 4) is 11.5 Å². The number of hydrogen-bond acceptors (Lipinski definition) is 8. The minimum absolute atomic E-state index is 0.115. The molecule has 0 spiro atoms. The average Bonchev–Trinajstić information content (AvgIpc) is 2.67. The lowest BCUT2D eigenvalue weighted by Gasteiger charge is -2.10. The molecule has 0 atom stereocenters. The largest absolute Gasteiger partial charge is 0.493 e. The van der Waals surface area contributed by atoms with Gasteiger partial charge in [-0.05, 0) is 6.07 Å². The molecule has 0 saturated carbocycles. The van der Waals surface area contributed by atoms with Crippen molar-refractivity contribution in [2.45, 2.75) is 6.42 Å². The Bertz CT molecular complexity index is 943. The van der Waals surface area contributed by atoms with E-state index in [9.17, 15) is 25.0 Å². The highest BCUT2D eigenvalue weighted by Gasteiger charge is 2.21. The molecule has 0 aromatic heterocycles. The first-order valence-electron chi connectivity index (χ1n) is 7.81. The number of methoxy groups -OCH3 is 2. The van der Waals surface area contributed by atoms with Crippen LogP contribution in [0.2, 0.25) is 0 Å². The van der Waals surface area contributed by atoms with Crippen LogP contribution in [0.4, 0.5) is 11.4 Å². The number of non-ortho nitro benzene ring substituents is 1. The van der Waals surface area contributed by atoms with Crippen molar-refractivity contribution in [3.05, 3.63) is 67.8 Å². The first kappa shape index (κ1) is 20.3. The molecule has 0 aliphatic heterocycles. The van der Waals surface area contributed by atoms with Crippen molar-refractivity contribution in [2.75, 3.05) is 14.2 Å². The Hall–Kier alpha value is -4.02. The monoisotopic (exact) mass is 388 g/mol. The van der Waals surface area contributed by atoms with Gasteiger partial charge in [0.1, 0.15) is 0 Å². The molecular formula is C17H16N4O7. The number of hydrogen-bond donors (Lipinski definition) is 1. The molecule has 2 aromatic carbocycles. The number of rotatable bonds is 8. The zero-order valence-electron chi connectivity index (χ0n) is 14.9. The van der Waals surface area contributed by atoms with Crippen LogP contribution in [0.3, 0.4) is 0 Å². The summed E-state index contributed by atoms with van der Waals surface area (Å²) in [7, 11) is 2.72. The number of carbonyl (C=O) groups excluding carboxylic acids is 1. The summed E-state index contributed by atoms with van der Waals surface area (Å²) in [6, 6.07) is 8.19. The fourth-order valence-corrected chi connectivity index (χ4v) is 2.33. The second kappa shape index (κ2) is 9.07. The van der Waals surface area contributed by atoms with Crippen molar-refractivity contribution >= 4 is 23.5 Å². The number of carbonyl (C=O) groups is 1. The van der Waals surface area contributed by atoms with Crippen LogP contribution in [0.1, 0.15) is 11.1 Å². The summed E-state index contributed by atoms with van der Waals surface area (Å²) in [5.74, 6) is -0.199. The number of benzene rings is 2.